The SMILES string of the molecule is NC(CCC(=O)OCCCCO[N+](=O)[O-])C(=O)O. The minimum Gasteiger partial charge on any atom is -0.480 e. The fourth-order valence-corrected chi connectivity index (χ4v) is 0.998. The van der Waals surface area contributed by atoms with E-state index in [2.05, 4.69) is 4.84 Å². The molecule has 0 bridgehead atoms. The van der Waals surface area contributed by atoms with E-state index in [0.29, 0.717) is 12.8 Å². The van der Waals surface area contributed by atoms with Crippen molar-refractivity contribution in [3.05, 3.63) is 10.1 Å². The second-order valence-corrected chi connectivity index (χ2v) is 3.47. The number of carboxylic acid groups (broad SMARTS) is 1. The van der Waals surface area contributed by atoms with E-state index < -0.39 is 23.1 Å². The lowest BCUT2D eigenvalue weighted by molar-refractivity contribution is -0.757. The first-order valence-corrected chi connectivity index (χ1v) is 5.34. The van der Waals surface area contributed by atoms with Gasteiger partial charge in [0, 0.05) is 6.42 Å². The van der Waals surface area contributed by atoms with Gasteiger partial charge in [-0.15, -0.1) is 10.1 Å². The third-order valence-corrected chi connectivity index (χ3v) is 1.98. The minimum atomic E-state index is -1.17. The van der Waals surface area contributed by atoms with E-state index in [1.54, 1.807) is 0 Å². The highest BCUT2D eigenvalue weighted by atomic mass is 16.9. The summed E-state index contributed by atoms with van der Waals surface area (Å²) >= 11 is 0. The van der Waals surface area contributed by atoms with Gasteiger partial charge in [-0.05, 0) is 19.3 Å². The molecule has 1 atom stereocenters. The van der Waals surface area contributed by atoms with Crippen molar-refractivity contribution < 1.29 is 29.4 Å². The number of hydrogen-bond donors (Lipinski definition) is 2. The highest BCUT2D eigenvalue weighted by molar-refractivity contribution is 5.75. The molecule has 9 nitrogen and oxygen atoms in total. The van der Waals surface area contributed by atoms with Crippen molar-refractivity contribution in [3.8, 4) is 0 Å². The van der Waals surface area contributed by atoms with Crippen LogP contribution in [0.5, 0.6) is 0 Å². The van der Waals surface area contributed by atoms with E-state index in [1.807, 2.05) is 0 Å². The van der Waals surface area contributed by atoms with Crippen molar-refractivity contribution in [2.75, 3.05) is 13.2 Å². The predicted octanol–water partition coefficient (Wildman–Crippen LogP) is -0.290. The van der Waals surface area contributed by atoms with Crippen LogP contribution in [0.1, 0.15) is 25.7 Å². The highest BCUT2D eigenvalue weighted by Crippen LogP contribution is 1.99. The van der Waals surface area contributed by atoms with Gasteiger partial charge >= 0.3 is 11.9 Å². The molecule has 1 unspecified atom stereocenters. The Bertz CT molecular complexity index is 295. The average Bonchev–Trinajstić information content (AvgIpc) is 2.29. The van der Waals surface area contributed by atoms with Crippen LogP contribution >= 0.6 is 0 Å². The Morgan fingerprint density at radius 3 is 2.50 bits per heavy atom. The Balaban J connectivity index is 3.43. The lowest BCUT2D eigenvalue weighted by Gasteiger charge is -2.06. The summed E-state index contributed by atoms with van der Waals surface area (Å²) in [7, 11) is 0. The van der Waals surface area contributed by atoms with Crippen LogP contribution in [0.4, 0.5) is 0 Å². The molecule has 3 N–H and O–H groups in total. The molecule has 0 aromatic heterocycles. The number of carboxylic acids is 1. The molecule has 104 valence electrons. The molecule has 9 heteroatoms. The topological polar surface area (TPSA) is 142 Å². The van der Waals surface area contributed by atoms with Gasteiger partial charge in [-0.1, -0.05) is 0 Å². The van der Waals surface area contributed by atoms with Crippen molar-refractivity contribution in [1.82, 2.24) is 0 Å². The highest BCUT2D eigenvalue weighted by Gasteiger charge is 2.13. The number of rotatable bonds is 10. The summed E-state index contributed by atoms with van der Waals surface area (Å²) in [4.78, 5) is 35.3. The summed E-state index contributed by atoms with van der Waals surface area (Å²) < 4.78 is 4.77. The van der Waals surface area contributed by atoms with E-state index in [1.165, 1.54) is 0 Å². The zero-order valence-electron chi connectivity index (χ0n) is 9.74. The lowest BCUT2D eigenvalue weighted by atomic mass is 10.2. The molecule has 0 spiro atoms. The van der Waals surface area contributed by atoms with Gasteiger partial charge in [-0.3, -0.25) is 9.59 Å². The van der Waals surface area contributed by atoms with Crippen molar-refractivity contribution in [2.24, 2.45) is 5.73 Å². The standard InChI is InChI=1S/C9H16N2O7/c10-7(9(13)14)3-4-8(12)17-5-1-2-6-18-11(15)16/h7H,1-6,10H2,(H,13,14). The molecule has 0 rings (SSSR count). The van der Waals surface area contributed by atoms with E-state index in [9.17, 15) is 19.7 Å². The lowest BCUT2D eigenvalue weighted by Crippen LogP contribution is -2.30. The first-order valence-electron chi connectivity index (χ1n) is 5.34. The summed E-state index contributed by atoms with van der Waals surface area (Å²) in [6.07, 6.45) is 0.769. The second kappa shape index (κ2) is 9.16. The maximum absolute atomic E-state index is 11.1. The molecule has 0 fully saturated rings. The van der Waals surface area contributed by atoms with Crippen LogP contribution in [0.15, 0.2) is 0 Å². The maximum Gasteiger partial charge on any atom is 0.320 e. The van der Waals surface area contributed by atoms with Gasteiger partial charge < -0.3 is 20.4 Å². The Hall–Kier alpha value is -1.90. The molecule has 0 saturated carbocycles. The van der Waals surface area contributed by atoms with Crippen LogP contribution in [-0.2, 0) is 19.2 Å². The summed E-state index contributed by atoms with van der Waals surface area (Å²) in [6, 6.07) is -1.08. The Kier molecular flexibility index (Phi) is 8.20. The van der Waals surface area contributed by atoms with Gasteiger partial charge in [-0.25, -0.2) is 0 Å². The smallest absolute Gasteiger partial charge is 0.320 e. The summed E-state index contributed by atoms with van der Waals surface area (Å²) in [6.45, 7) is 0.0661. The fraction of sp³-hybridized carbons (Fsp3) is 0.778. The van der Waals surface area contributed by atoms with Crippen LogP contribution in [0.3, 0.4) is 0 Å². The van der Waals surface area contributed by atoms with Gasteiger partial charge in [0.25, 0.3) is 5.09 Å². The number of carbonyl (C=O) groups is 2. The molecule has 18 heavy (non-hydrogen) atoms. The average molecular weight is 264 g/mol. The zero-order valence-corrected chi connectivity index (χ0v) is 9.74. The molecule has 0 aromatic carbocycles. The maximum atomic E-state index is 11.1. The van der Waals surface area contributed by atoms with E-state index >= 15 is 0 Å². The molecular formula is C9H16N2O7. The zero-order chi connectivity index (χ0) is 14.0. The molecule has 0 saturated heterocycles. The third kappa shape index (κ3) is 9.33. The van der Waals surface area contributed by atoms with Crippen LogP contribution < -0.4 is 5.73 Å². The van der Waals surface area contributed by atoms with Gasteiger partial charge in [0.05, 0.1) is 13.2 Å². The van der Waals surface area contributed by atoms with Crippen molar-refractivity contribution >= 4 is 11.9 Å². The number of aliphatic carboxylic acids is 1. The van der Waals surface area contributed by atoms with Crippen molar-refractivity contribution in [2.45, 2.75) is 31.7 Å². The number of nitrogens with zero attached hydrogens (tertiary/aromatic N) is 1. The predicted molar refractivity (Wildman–Crippen MR) is 58.0 cm³/mol. The number of hydrogen-bond acceptors (Lipinski definition) is 7. The van der Waals surface area contributed by atoms with Crippen LogP contribution in [0.2, 0.25) is 0 Å². The molecular weight excluding hydrogens is 248 g/mol. The molecule has 0 amide bonds. The van der Waals surface area contributed by atoms with Gasteiger partial charge in [0.1, 0.15) is 6.04 Å². The van der Waals surface area contributed by atoms with Crippen LogP contribution in [0, 0.1) is 10.1 Å². The summed E-state index contributed by atoms with van der Waals surface area (Å²) in [5.74, 6) is -1.71. The molecule has 0 aromatic rings. The second-order valence-electron chi connectivity index (χ2n) is 3.47. The number of carbonyl (C=O) groups excluding carboxylic acids is 1. The number of unbranched alkanes of at least 4 members (excludes halogenated alkanes) is 1. The first-order chi connectivity index (χ1) is 8.43. The van der Waals surface area contributed by atoms with Crippen molar-refractivity contribution in [1.29, 1.82) is 0 Å². The summed E-state index contributed by atoms with van der Waals surface area (Å²) in [5.41, 5.74) is 5.20. The minimum absolute atomic E-state index is 0.0125. The normalized spacial score (nSPS) is 11.6. The van der Waals surface area contributed by atoms with Gasteiger partial charge in [0.2, 0.25) is 0 Å². The summed E-state index contributed by atoms with van der Waals surface area (Å²) in [5, 5.41) is 17.4. The third-order valence-electron chi connectivity index (χ3n) is 1.98. The Morgan fingerprint density at radius 1 is 1.33 bits per heavy atom. The largest absolute Gasteiger partial charge is 0.480 e. The Morgan fingerprint density at radius 2 is 1.94 bits per heavy atom. The van der Waals surface area contributed by atoms with Crippen molar-refractivity contribution in [3.63, 3.8) is 0 Å². The Labute approximate surface area is 103 Å². The quantitative estimate of drug-likeness (QED) is 0.237. The molecule has 0 aliphatic rings. The number of esters is 1. The molecule has 0 aliphatic heterocycles. The molecule has 0 radical (unpaired) electrons. The molecule has 0 heterocycles. The monoisotopic (exact) mass is 264 g/mol. The van der Waals surface area contributed by atoms with Gasteiger partial charge in [0.15, 0.2) is 0 Å². The van der Waals surface area contributed by atoms with Crippen LogP contribution in [-0.4, -0.2) is 41.4 Å². The number of ether oxygens (including phenoxy) is 1. The van der Waals surface area contributed by atoms with E-state index in [4.69, 9.17) is 15.6 Å². The van der Waals surface area contributed by atoms with Crippen LogP contribution in [0.25, 0.3) is 0 Å². The van der Waals surface area contributed by atoms with E-state index in [-0.39, 0.29) is 26.1 Å². The molecule has 0 aliphatic carbocycles. The van der Waals surface area contributed by atoms with Gasteiger partial charge in [-0.2, -0.15) is 0 Å². The van der Waals surface area contributed by atoms with E-state index in [0.717, 1.165) is 0 Å². The number of nitrogens with two attached hydrogens (primary N) is 1. The first kappa shape index (κ1) is 16.1. The fourth-order valence-electron chi connectivity index (χ4n) is 0.998.